The van der Waals surface area contributed by atoms with Gasteiger partial charge in [-0.05, 0) is 42.2 Å². The van der Waals surface area contributed by atoms with Gasteiger partial charge in [-0.1, -0.05) is 78.4 Å². The summed E-state index contributed by atoms with van der Waals surface area (Å²) in [6, 6.07) is 27.0. The zero-order valence-corrected chi connectivity index (χ0v) is 17.5. The van der Waals surface area contributed by atoms with Crippen molar-refractivity contribution >= 4 is 15.6 Å². The van der Waals surface area contributed by atoms with Crippen LogP contribution in [-0.4, -0.2) is 19.0 Å². The van der Waals surface area contributed by atoms with E-state index in [1.807, 2.05) is 79.7 Å². The van der Waals surface area contributed by atoms with Gasteiger partial charge in [0, 0.05) is 12.1 Å². The van der Waals surface area contributed by atoms with Crippen molar-refractivity contribution < 1.29 is 13.2 Å². The lowest BCUT2D eigenvalue weighted by atomic mass is 9.90. The van der Waals surface area contributed by atoms with Gasteiger partial charge < -0.3 is 4.74 Å². The SMILES string of the molecule is Cc1ccc(S(=O)(=O)N2C=C(c3ccccc3)[C@@H]3C[C@@H](c4ccccc4)O[C@@H]32)cc1. The van der Waals surface area contributed by atoms with Crippen LogP contribution in [-0.2, 0) is 14.8 Å². The summed E-state index contributed by atoms with van der Waals surface area (Å²) in [5.74, 6) is -0.0159. The van der Waals surface area contributed by atoms with Crippen molar-refractivity contribution in [3.8, 4) is 0 Å². The molecule has 0 aliphatic carbocycles. The van der Waals surface area contributed by atoms with Crippen molar-refractivity contribution in [1.82, 2.24) is 4.31 Å². The number of hydrogen-bond donors (Lipinski definition) is 0. The molecule has 5 rings (SSSR count). The lowest BCUT2D eigenvalue weighted by molar-refractivity contribution is -0.00489. The molecule has 0 unspecified atom stereocenters. The number of aryl methyl sites for hydroxylation is 1. The van der Waals surface area contributed by atoms with Crippen LogP contribution in [0.5, 0.6) is 0 Å². The van der Waals surface area contributed by atoms with Gasteiger partial charge in [0.2, 0.25) is 0 Å². The Balaban J connectivity index is 1.56. The standard InChI is InChI=1S/C25H23NO3S/c1-18-12-14-21(15-13-18)30(27,28)26-17-23(19-8-4-2-5-9-19)22-16-24(29-25(22)26)20-10-6-3-7-11-20/h2-15,17,22,24-25H,16H2,1H3/t22-,24-,25-/m0/s1. The fraction of sp³-hybridized carbons (Fsp3) is 0.200. The molecule has 5 heteroatoms. The van der Waals surface area contributed by atoms with Gasteiger partial charge in [0.15, 0.2) is 6.23 Å². The number of rotatable bonds is 4. The molecule has 0 saturated carbocycles. The fourth-order valence-corrected chi connectivity index (χ4v) is 5.78. The molecule has 30 heavy (non-hydrogen) atoms. The average Bonchev–Trinajstić information content (AvgIpc) is 3.35. The number of benzene rings is 3. The first kappa shape index (κ1) is 19.1. The molecule has 4 nitrogen and oxygen atoms in total. The minimum absolute atomic E-state index is 0.0159. The van der Waals surface area contributed by atoms with Crippen LogP contribution in [0.1, 0.15) is 29.2 Å². The van der Waals surface area contributed by atoms with Crippen LogP contribution in [0.2, 0.25) is 0 Å². The third-order valence-corrected chi connectivity index (χ3v) is 7.64. The maximum Gasteiger partial charge on any atom is 0.266 e. The Kier molecular flexibility index (Phi) is 4.72. The molecule has 0 amide bonds. The second-order valence-corrected chi connectivity index (χ2v) is 9.71. The molecule has 2 heterocycles. The molecular weight excluding hydrogens is 394 g/mol. The van der Waals surface area contributed by atoms with E-state index in [4.69, 9.17) is 4.74 Å². The van der Waals surface area contributed by atoms with Crippen LogP contribution in [0.3, 0.4) is 0 Å². The summed E-state index contributed by atoms with van der Waals surface area (Å²) in [5.41, 5.74) is 4.14. The summed E-state index contributed by atoms with van der Waals surface area (Å²) in [6.07, 6.45) is 1.83. The Labute approximate surface area is 177 Å². The Morgan fingerprint density at radius 2 is 1.50 bits per heavy atom. The highest BCUT2D eigenvalue weighted by molar-refractivity contribution is 7.89. The van der Waals surface area contributed by atoms with Gasteiger partial charge in [0.25, 0.3) is 10.0 Å². The summed E-state index contributed by atoms with van der Waals surface area (Å²) >= 11 is 0. The van der Waals surface area contributed by atoms with Crippen LogP contribution in [0.15, 0.2) is 96.0 Å². The summed E-state index contributed by atoms with van der Waals surface area (Å²) in [6.45, 7) is 1.94. The maximum atomic E-state index is 13.5. The van der Waals surface area contributed by atoms with Crippen LogP contribution in [0.25, 0.3) is 5.57 Å². The lowest BCUT2D eigenvalue weighted by Crippen LogP contribution is -2.35. The molecule has 0 aromatic heterocycles. The Bertz CT molecular complexity index is 1170. The molecular formula is C25H23NO3S. The number of nitrogens with zero attached hydrogens (tertiary/aromatic N) is 1. The highest BCUT2D eigenvalue weighted by atomic mass is 32.2. The number of ether oxygens (including phenoxy) is 1. The van der Waals surface area contributed by atoms with E-state index in [2.05, 4.69) is 0 Å². The quantitative estimate of drug-likeness (QED) is 0.590. The first-order chi connectivity index (χ1) is 14.5. The Hall–Kier alpha value is -2.89. The molecule has 152 valence electrons. The van der Waals surface area contributed by atoms with Crippen molar-refractivity contribution in [3.05, 3.63) is 108 Å². The van der Waals surface area contributed by atoms with E-state index in [0.717, 1.165) is 28.7 Å². The molecule has 0 radical (unpaired) electrons. The Morgan fingerprint density at radius 1 is 0.867 bits per heavy atom. The van der Waals surface area contributed by atoms with Crippen LogP contribution >= 0.6 is 0 Å². The third kappa shape index (κ3) is 3.24. The fourth-order valence-electron chi connectivity index (χ4n) is 4.33. The van der Waals surface area contributed by atoms with E-state index in [1.54, 1.807) is 18.3 Å². The van der Waals surface area contributed by atoms with Crippen molar-refractivity contribution in [3.63, 3.8) is 0 Å². The first-order valence-corrected chi connectivity index (χ1v) is 11.6. The van der Waals surface area contributed by atoms with Crippen LogP contribution < -0.4 is 0 Å². The predicted octanol–water partition coefficient (Wildman–Crippen LogP) is 5.14. The van der Waals surface area contributed by atoms with Gasteiger partial charge in [0.1, 0.15) is 0 Å². The average molecular weight is 418 g/mol. The minimum atomic E-state index is -3.72. The third-order valence-electron chi connectivity index (χ3n) is 5.91. The topological polar surface area (TPSA) is 46.6 Å². The molecule has 3 atom stereocenters. The molecule has 1 saturated heterocycles. The van der Waals surface area contributed by atoms with Gasteiger partial charge in [-0.2, -0.15) is 0 Å². The van der Waals surface area contributed by atoms with Crippen LogP contribution in [0.4, 0.5) is 0 Å². The van der Waals surface area contributed by atoms with E-state index in [0.29, 0.717) is 0 Å². The molecule has 2 aliphatic rings. The van der Waals surface area contributed by atoms with Crippen molar-refractivity contribution in [2.45, 2.75) is 30.6 Å². The predicted molar refractivity (Wildman–Crippen MR) is 117 cm³/mol. The molecule has 2 aliphatic heterocycles. The highest BCUT2D eigenvalue weighted by Gasteiger charge is 2.49. The molecule has 0 N–H and O–H groups in total. The minimum Gasteiger partial charge on any atom is -0.349 e. The first-order valence-electron chi connectivity index (χ1n) is 10.1. The Morgan fingerprint density at radius 3 is 2.17 bits per heavy atom. The van der Waals surface area contributed by atoms with Crippen molar-refractivity contribution in [2.24, 2.45) is 5.92 Å². The van der Waals surface area contributed by atoms with E-state index in [9.17, 15) is 8.42 Å². The van der Waals surface area contributed by atoms with E-state index >= 15 is 0 Å². The number of fused-ring (bicyclic) bond motifs is 1. The molecule has 3 aromatic carbocycles. The van der Waals surface area contributed by atoms with Gasteiger partial charge in [-0.3, -0.25) is 0 Å². The second kappa shape index (κ2) is 7.42. The summed E-state index contributed by atoms with van der Waals surface area (Å²) < 4.78 is 34.8. The summed E-state index contributed by atoms with van der Waals surface area (Å²) in [7, 11) is -3.72. The van der Waals surface area contributed by atoms with Gasteiger partial charge in [-0.25, -0.2) is 12.7 Å². The molecule has 3 aromatic rings. The largest absolute Gasteiger partial charge is 0.349 e. The normalized spacial score (nSPS) is 23.3. The second-order valence-electron chi connectivity index (χ2n) is 7.87. The molecule has 0 spiro atoms. The van der Waals surface area contributed by atoms with Gasteiger partial charge >= 0.3 is 0 Å². The molecule has 1 fully saturated rings. The monoisotopic (exact) mass is 417 g/mol. The van der Waals surface area contributed by atoms with E-state index in [1.165, 1.54) is 4.31 Å². The van der Waals surface area contributed by atoms with Crippen molar-refractivity contribution in [1.29, 1.82) is 0 Å². The summed E-state index contributed by atoms with van der Waals surface area (Å²) in [5, 5.41) is 0. The van der Waals surface area contributed by atoms with E-state index in [-0.39, 0.29) is 16.9 Å². The highest BCUT2D eigenvalue weighted by Crippen LogP contribution is 2.50. The lowest BCUT2D eigenvalue weighted by Gasteiger charge is -2.25. The summed E-state index contributed by atoms with van der Waals surface area (Å²) in [4.78, 5) is 0.282. The zero-order chi connectivity index (χ0) is 20.7. The smallest absolute Gasteiger partial charge is 0.266 e. The zero-order valence-electron chi connectivity index (χ0n) is 16.7. The van der Waals surface area contributed by atoms with E-state index < -0.39 is 16.3 Å². The molecule has 0 bridgehead atoms. The van der Waals surface area contributed by atoms with Gasteiger partial charge in [0.05, 0.1) is 11.0 Å². The van der Waals surface area contributed by atoms with Gasteiger partial charge in [-0.15, -0.1) is 0 Å². The van der Waals surface area contributed by atoms with Crippen molar-refractivity contribution in [2.75, 3.05) is 0 Å². The maximum absolute atomic E-state index is 13.5. The number of sulfonamides is 1. The van der Waals surface area contributed by atoms with Crippen LogP contribution in [0, 0.1) is 12.8 Å². The number of hydrogen-bond acceptors (Lipinski definition) is 3.